The van der Waals surface area contributed by atoms with Crippen LogP contribution in [0.15, 0.2) is 11.1 Å². The average Bonchev–Trinajstić information content (AvgIpc) is 2.85. The second-order valence-electron chi connectivity index (χ2n) is 5.03. The van der Waals surface area contributed by atoms with Crippen LogP contribution in [0.2, 0.25) is 0 Å². The molecule has 0 saturated carbocycles. The molecule has 2 rings (SSSR count). The number of nitrogens with zero attached hydrogens (tertiary/aromatic N) is 1. The summed E-state index contributed by atoms with van der Waals surface area (Å²) in [6.07, 6.45) is 5.58. The van der Waals surface area contributed by atoms with Crippen LogP contribution in [0.25, 0.3) is 0 Å². The van der Waals surface area contributed by atoms with Gasteiger partial charge in [0.2, 0.25) is 0 Å². The largest absolute Gasteiger partial charge is 0.305 e. The van der Waals surface area contributed by atoms with Crippen molar-refractivity contribution in [3.05, 3.63) is 11.1 Å². The van der Waals surface area contributed by atoms with Gasteiger partial charge in [0, 0.05) is 12.0 Å². The third-order valence-electron chi connectivity index (χ3n) is 4.19. The minimum Gasteiger partial charge on any atom is -0.305 e. The summed E-state index contributed by atoms with van der Waals surface area (Å²) in [6.45, 7) is 19.3. The fourth-order valence-electron chi connectivity index (χ4n) is 3.11. The molecule has 1 fully saturated rings. The van der Waals surface area contributed by atoms with Gasteiger partial charge in [-0.3, -0.25) is 0 Å². The number of hydrogen-bond acceptors (Lipinski definition) is 1. The molecule has 19 heavy (non-hydrogen) atoms. The Morgan fingerprint density at radius 2 is 1.42 bits per heavy atom. The fourth-order valence-corrected chi connectivity index (χ4v) is 3.11. The molecule has 0 amide bonds. The van der Waals surface area contributed by atoms with Gasteiger partial charge in [-0.25, -0.2) is 0 Å². The summed E-state index contributed by atoms with van der Waals surface area (Å²) in [6, 6.07) is 0. The van der Waals surface area contributed by atoms with Crippen LogP contribution in [-0.4, -0.2) is 25.0 Å². The molecule has 0 aromatic rings. The molecule has 1 nitrogen and oxygen atoms in total. The van der Waals surface area contributed by atoms with Crippen LogP contribution in [-0.2, 0) is 0 Å². The molecule has 0 bridgehead atoms. The van der Waals surface area contributed by atoms with Gasteiger partial charge in [-0.05, 0) is 53.1 Å². The lowest BCUT2D eigenvalue weighted by Crippen LogP contribution is -2.29. The number of rotatable bonds is 0. The van der Waals surface area contributed by atoms with Gasteiger partial charge >= 0.3 is 0 Å². The van der Waals surface area contributed by atoms with Crippen molar-refractivity contribution in [2.45, 2.75) is 81.1 Å². The molecule has 1 spiro atoms. The van der Waals surface area contributed by atoms with Crippen LogP contribution >= 0.6 is 0 Å². The van der Waals surface area contributed by atoms with Crippen molar-refractivity contribution in [2.75, 3.05) is 20.1 Å². The van der Waals surface area contributed by atoms with E-state index in [2.05, 4.69) is 25.8 Å². The van der Waals surface area contributed by atoms with Crippen molar-refractivity contribution >= 4 is 0 Å². The smallest absolute Gasteiger partial charge is 0.00728 e. The van der Waals surface area contributed by atoms with E-state index in [0.29, 0.717) is 5.41 Å². The van der Waals surface area contributed by atoms with Gasteiger partial charge in [0.05, 0.1) is 0 Å². The van der Waals surface area contributed by atoms with Crippen molar-refractivity contribution in [1.29, 1.82) is 0 Å². The van der Waals surface area contributed by atoms with Crippen LogP contribution < -0.4 is 0 Å². The molecule has 0 radical (unpaired) electrons. The Bertz CT molecular complexity index is 242. The highest BCUT2D eigenvalue weighted by molar-refractivity contribution is 5.24. The van der Waals surface area contributed by atoms with E-state index >= 15 is 0 Å². The first kappa shape index (κ1) is 21.0. The molecule has 2 aliphatic rings. The van der Waals surface area contributed by atoms with Crippen molar-refractivity contribution in [1.82, 2.24) is 4.90 Å². The Kier molecular flexibility index (Phi) is 12.7. The maximum atomic E-state index is 2.49. The summed E-state index contributed by atoms with van der Waals surface area (Å²) in [5.74, 6) is 0. The van der Waals surface area contributed by atoms with Crippen LogP contribution in [0.5, 0.6) is 0 Å². The maximum Gasteiger partial charge on any atom is 0.00728 e. The first-order valence-corrected chi connectivity index (χ1v) is 8.49. The monoisotopic (exact) mass is 269 g/mol. The van der Waals surface area contributed by atoms with E-state index < -0.39 is 0 Å². The highest BCUT2D eigenvalue weighted by Gasteiger charge is 2.39. The predicted molar refractivity (Wildman–Crippen MR) is 90.8 cm³/mol. The molecule has 1 atom stereocenters. The summed E-state index contributed by atoms with van der Waals surface area (Å²) >= 11 is 0. The minimum atomic E-state index is 0.580. The van der Waals surface area contributed by atoms with Crippen LogP contribution in [0, 0.1) is 5.41 Å². The van der Waals surface area contributed by atoms with Gasteiger partial charge in [-0.1, -0.05) is 52.7 Å². The summed E-state index contributed by atoms with van der Waals surface area (Å²) in [5, 5.41) is 0. The Morgan fingerprint density at radius 3 is 1.84 bits per heavy atom. The Morgan fingerprint density at radius 1 is 0.895 bits per heavy atom. The topological polar surface area (TPSA) is 3.24 Å². The van der Waals surface area contributed by atoms with E-state index in [-0.39, 0.29) is 0 Å². The first-order valence-electron chi connectivity index (χ1n) is 8.49. The van der Waals surface area contributed by atoms with E-state index in [1.165, 1.54) is 38.8 Å². The zero-order valence-electron chi connectivity index (χ0n) is 15.2. The molecular weight excluding hydrogens is 230 g/mol. The van der Waals surface area contributed by atoms with Crippen LogP contribution in [0.1, 0.15) is 81.1 Å². The van der Waals surface area contributed by atoms with Crippen molar-refractivity contribution in [3.63, 3.8) is 0 Å². The van der Waals surface area contributed by atoms with E-state index in [4.69, 9.17) is 0 Å². The molecule has 0 aromatic carbocycles. The number of hydrogen-bond donors (Lipinski definition) is 0. The average molecular weight is 270 g/mol. The zero-order valence-corrected chi connectivity index (χ0v) is 15.2. The van der Waals surface area contributed by atoms with Gasteiger partial charge in [0.1, 0.15) is 0 Å². The van der Waals surface area contributed by atoms with Crippen LogP contribution in [0.3, 0.4) is 0 Å². The van der Waals surface area contributed by atoms with Gasteiger partial charge in [-0.15, -0.1) is 0 Å². The SMILES string of the molecule is CC.CC.CC.CC1=C(C)C2(CCC1)CCN(C)C2. The standard InChI is InChI=1S/C12H21N.3C2H6/c1-10-5-4-6-12(11(10)2)7-8-13(3)9-12;3*1-2/h4-9H2,1-3H3;3*1-2H3. The third kappa shape index (κ3) is 5.69. The van der Waals surface area contributed by atoms with E-state index in [9.17, 15) is 0 Å². The molecule has 1 aliphatic carbocycles. The van der Waals surface area contributed by atoms with Crippen LogP contribution in [0.4, 0.5) is 0 Å². The quantitative estimate of drug-likeness (QED) is 0.494. The van der Waals surface area contributed by atoms with Crippen molar-refractivity contribution in [2.24, 2.45) is 5.41 Å². The lowest BCUT2D eigenvalue weighted by atomic mass is 9.70. The molecule has 0 aromatic heterocycles. The van der Waals surface area contributed by atoms with Gasteiger partial charge in [0.25, 0.3) is 0 Å². The first-order chi connectivity index (χ1) is 9.14. The summed E-state index contributed by atoms with van der Waals surface area (Å²) in [5.41, 5.74) is 3.96. The van der Waals surface area contributed by atoms with E-state index in [1.54, 1.807) is 11.1 Å². The Labute approximate surface area is 123 Å². The molecule has 116 valence electrons. The zero-order chi connectivity index (χ0) is 15.5. The minimum absolute atomic E-state index is 0.580. The predicted octanol–water partition coefficient (Wildman–Crippen LogP) is 5.91. The second kappa shape index (κ2) is 11.5. The molecule has 1 heteroatoms. The Balaban J connectivity index is 0. The Hall–Kier alpha value is -0.300. The molecule has 1 heterocycles. The highest BCUT2D eigenvalue weighted by Crippen LogP contribution is 2.46. The molecule has 1 saturated heterocycles. The number of likely N-dealkylation sites (tertiary alicyclic amines) is 1. The lowest BCUT2D eigenvalue weighted by Gasteiger charge is -2.35. The molecular formula is C18H39N. The summed E-state index contributed by atoms with van der Waals surface area (Å²) in [4.78, 5) is 2.49. The third-order valence-corrected chi connectivity index (χ3v) is 4.19. The van der Waals surface area contributed by atoms with Gasteiger partial charge in [0.15, 0.2) is 0 Å². The summed E-state index contributed by atoms with van der Waals surface area (Å²) in [7, 11) is 2.26. The van der Waals surface area contributed by atoms with Crippen molar-refractivity contribution in [3.8, 4) is 0 Å². The molecule has 1 unspecified atom stereocenters. The maximum absolute atomic E-state index is 2.49. The second-order valence-corrected chi connectivity index (χ2v) is 5.03. The highest BCUT2D eigenvalue weighted by atomic mass is 15.1. The van der Waals surface area contributed by atoms with Gasteiger partial charge < -0.3 is 4.90 Å². The molecule has 1 aliphatic heterocycles. The number of allylic oxidation sites excluding steroid dienone is 1. The van der Waals surface area contributed by atoms with E-state index in [1.807, 2.05) is 41.5 Å². The lowest BCUT2D eigenvalue weighted by molar-refractivity contribution is 0.289. The van der Waals surface area contributed by atoms with E-state index in [0.717, 1.165) is 0 Å². The summed E-state index contributed by atoms with van der Waals surface area (Å²) < 4.78 is 0. The van der Waals surface area contributed by atoms with Gasteiger partial charge in [-0.2, -0.15) is 0 Å². The van der Waals surface area contributed by atoms with Crippen molar-refractivity contribution < 1.29 is 0 Å². The normalized spacial score (nSPS) is 25.7. The molecule has 0 N–H and O–H groups in total. The fraction of sp³-hybridized carbons (Fsp3) is 0.889.